The highest BCUT2D eigenvalue weighted by Gasteiger charge is 2.63. The third kappa shape index (κ3) is 4.64. The first-order chi connectivity index (χ1) is 15.7. The van der Waals surface area contributed by atoms with E-state index in [4.69, 9.17) is 0 Å². The molecule has 0 radical (unpaired) electrons. The summed E-state index contributed by atoms with van der Waals surface area (Å²) in [5.74, 6) is -1.74. The van der Waals surface area contributed by atoms with Crippen LogP contribution in [0.3, 0.4) is 0 Å². The number of amides is 3. The third-order valence-electron chi connectivity index (χ3n) is 6.24. The number of carbonyl (C=O) groups excluding carboxylic acids is 3. The number of likely N-dealkylation sites (tertiary alicyclic amines) is 1. The molecule has 3 amide bonds. The van der Waals surface area contributed by atoms with Crippen LogP contribution in [0.2, 0.25) is 0 Å². The van der Waals surface area contributed by atoms with Crippen LogP contribution < -0.4 is 10.2 Å². The number of hydrogen-bond donors (Lipinski definition) is 1. The molecule has 9 heteroatoms. The van der Waals surface area contributed by atoms with Crippen molar-refractivity contribution in [3.8, 4) is 0 Å². The SMILES string of the molecule is O=C1CCCC(=O)N1c1ccc(NC(=O)C2(C(F)(F)F)CCN(Cc3ccccc3)C2)cc1. The molecule has 1 N–H and O–H groups in total. The molecule has 2 fully saturated rings. The first-order valence-corrected chi connectivity index (χ1v) is 10.8. The second-order valence-electron chi connectivity index (χ2n) is 8.50. The molecule has 4 rings (SSSR count). The zero-order valence-electron chi connectivity index (χ0n) is 17.9. The number of carbonyl (C=O) groups is 3. The molecule has 2 aromatic carbocycles. The molecule has 0 aromatic heterocycles. The Labute approximate surface area is 189 Å². The van der Waals surface area contributed by atoms with Crippen LogP contribution in [0.5, 0.6) is 0 Å². The van der Waals surface area contributed by atoms with E-state index in [1.807, 2.05) is 30.3 Å². The number of alkyl halides is 3. The highest BCUT2D eigenvalue weighted by atomic mass is 19.4. The molecule has 6 nitrogen and oxygen atoms in total. The van der Waals surface area contributed by atoms with Crippen LogP contribution in [0, 0.1) is 5.41 Å². The Morgan fingerprint density at radius 3 is 2.21 bits per heavy atom. The summed E-state index contributed by atoms with van der Waals surface area (Å²) in [4.78, 5) is 39.7. The van der Waals surface area contributed by atoms with Gasteiger partial charge in [-0.05, 0) is 49.2 Å². The Morgan fingerprint density at radius 1 is 0.970 bits per heavy atom. The number of piperidine rings is 1. The quantitative estimate of drug-likeness (QED) is 0.683. The molecule has 2 aliphatic rings. The van der Waals surface area contributed by atoms with Gasteiger partial charge in [0.1, 0.15) is 0 Å². The number of nitrogens with zero attached hydrogens (tertiary/aromatic N) is 2. The minimum Gasteiger partial charge on any atom is -0.325 e. The Morgan fingerprint density at radius 2 is 1.61 bits per heavy atom. The average molecular weight is 459 g/mol. The van der Waals surface area contributed by atoms with Gasteiger partial charge in [-0.3, -0.25) is 24.2 Å². The van der Waals surface area contributed by atoms with Crippen LogP contribution in [0.4, 0.5) is 24.5 Å². The maximum absolute atomic E-state index is 14.1. The topological polar surface area (TPSA) is 69.7 Å². The predicted molar refractivity (Wildman–Crippen MR) is 116 cm³/mol. The lowest BCUT2D eigenvalue weighted by molar-refractivity contribution is -0.215. The zero-order valence-corrected chi connectivity index (χ0v) is 17.9. The van der Waals surface area contributed by atoms with E-state index in [0.717, 1.165) is 10.5 Å². The number of rotatable bonds is 5. The molecule has 1 atom stereocenters. The van der Waals surface area contributed by atoms with E-state index in [1.54, 1.807) is 4.90 Å². The van der Waals surface area contributed by atoms with Gasteiger partial charge in [-0.15, -0.1) is 0 Å². The fourth-order valence-corrected chi connectivity index (χ4v) is 4.40. The van der Waals surface area contributed by atoms with E-state index in [-0.39, 0.29) is 43.3 Å². The summed E-state index contributed by atoms with van der Waals surface area (Å²) in [6.45, 7) is 0.0601. The average Bonchev–Trinajstić information content (AvgIpc) is 3.21. The minimum atomic E-state index is -4.71. The van der Waals surface area contributed by atoms with Crippen LogP contribution in [0.1, 0.15) is 31.2 Å². The summed E-state index contributed by atoms with van der Waals surface area (Å²) < 4.78 is 42.3. The molecule has 174 valence electrons. The number of imide groups is 1. The first kappa shape index (κ1) is 23.0. The van der Waals surface area contributed by atoms with E-state index >= 15 is 0 Å². The lowest BCUT2D eigenvalue weighted by Gasteiger charge is -2.30. The Hall–Kier alpha value is -3.20. The molecule has 2 heterocycles. The lowest BCUT2D eigenvalue weighted by Crippen LogP contribution is -2.49. The Bertz CT molecular complexity index is 1020. The fraction of sp³-hybridized carbons (Fsp3) is 0.375. The van der Waals surface area contributed by atoms with Gasteiger partial charge in [-0.25, -0.2) is 0 Å². The van der Waals surface area contributed by atoms with Crippen LogP contribution in [0.15, 0.2) is 54.6 Å². The molecule has 2 saturated heterocycles. The molecule has 2 aromatic rings. The van der Waals surface area contributed by atoms with Gasteiger partial charge in [0.05, 0.1) is 5.69 Å². The molecule has 1 unspecified atom stereocenters. The molecular formula is C24H24F3N3O3. The molecule has 33 heavy (non-hydrogen) atoms. The summed E-state index contributed by atoms with van der Waals surface area (Å²) in [7, 11) is 0. The van der Waals surface area contributed by atoms with Crippen molar-refractivity contribution in [3.63, 3.8) is 0 Å². The second kappa shape index (κ2) is 8.97. The third-order valence-corrected chi connectivity index (χ3v) is 6.24. The van der Waals surface area contributed by atoms with Crippen molar-refractivity contribution in [3.05, 3.63) is 60.2 Å². The Balaban J connectivity index is 1.48. The highest BCUT2D eigenvalue weighted by molar-refractivity contribution is 6.16. The van der Waals surface area contributed by atoms with E-state index in [2.05, 4.69) is 5.32 Å². The van der Waals surface area contributed by atoms with Crippen molar-refractivity contribution < 1.29 is 27.6 Å². The number of halogens is 3. The van der Waals surface area contributed by atoms with Gasteiger partial charge < -0.3 is 5.32 Å². The van der Waals surface area contributed by atoms with Crippen molar-refractivity contribution in [1.29, 1.82) is 0 Å². The van der Waals surface area contributed by atoms with Gasteiger partial charge in [0.2, 0.25) is 17.7 Å². The van der Waals surface area contributed by atoms with E-state index in [1.165, 1.54) is 24.3 Å². The van der Waals surface area contributed by atoms with Crippen LogP contribution >= 0.6 is 0 Å². The van der Waals surface area contributed by atoms with Crippen LogP contribution in [-0.4, -0.2) is 41.9 Å². The van der Waals surface area contributed by atoms with Gasteiger partial charge in [-0.1, -0.05) is 30.3 Å². The Kier molecular flexibility index (Phi) is 6.25. The molecule has 0 spiro atoms. The molecule has 0 aliphatic carbocycles. The standard InChI is InChI=1S/C24H24F3N3O3/c25-24(26,27)23(13-14-29(16-23)15-17-5-2-1-3-6-17)22(33)28-18-9-11-19(12-10-18)30-20(31)7-4-8-21(30)32/h1-3,5-6,9-12H,4,7-8,13-16H2,(H,28,33). The monoisotopic (exact) mass is 459 g/mol. The number of anilines is 2. The number of benzene rings is 2. The normalized spacial score (nSPS) is 22.0. The summed E-state index contributed by atoms with van der Waals surface area (Å²) in [5.41, 5.74) is -1.12. The lowest BCUT2D eigenvalue weighted by atomic mass is 9.85. The highest BCUT2D eigenvalue weighted by Crippen LogP contribution is 2.46. The summed E-state index contributed by atoms with van der Waals surface area (Å²) in [6, 6.07) is 14.9. The van der Waals surface area contributed by atoms with Crippen molar-refractivity contribution in [2.45, 2.75) is 38.4 Å². The van der Waals surface area contributed by atoms with Gasteiger partial charge >= 0.3 is 6.18 Å². The molecule has 0 saturated carbocycles. The van der Waals surface area contributed by atoms with Crippen LogP contribution in [-0.2, 0) is 20.9 Å². The van der Waals surface area contributed by atoms with Gasteiger partial charge in [0, 0.05) is 31.6 Å². The fourth-order valence-electron chi connectivity index (χ4n) is 4.40. The predicted octanol–water partition coefficient (Wildman–Crippen LogP) is 4.12. The van der Waals surface area contributed by atoms with E-state index in [9.17, 15) is 27.6 Å². The number of nitrogens with one attached hydrogen (secondary N) is 1. The maximum atomic E-state index is 14.1. The van der Waals surface area contributed by atoms with E-state index < -0.39 is 24.0 Å². The van der Waals surface area contributed by atoms with Crippen molar-refractivity contribution in [2.75, 3.05) is 23.3 Å². The molecular weight excluding hydrogens is 435 g/mol. The van der Waals surface area contributed by atoms with Crippen molar-refractivity contribution in [2.24, 2.45) is 5.41 Å². The largest absolute Gasteiger partial charge is 0.404 e. The summed E-state index contributed by atoms with van der Waals surface area (Å²) >= 11 is 0. The van der Waals surface area contributed by atoms with Gasteiger partial charge in [-0.2, -0.15) is 13.2 Å². The zero-order chi connectivity index (χ0) is 23.6. The van der Waals surface area contributed by atoms with Crippen molar-refractivity contribution >= 4 is 29.1 Å². The van der Waals surface area contributed by atoms with Crippen LogP contribution in [0.25, 0.3) is 0 Å². The first-order valence-electron chi connectivity index (χ1n) is 10.8. The summed E-state index contributed by atoms with van der Waals surface area (Å²) in [6.07, 6.45) is -4.02. The molecule has 0 bridgehead atoms. The number of hydrogen-bond acceptors (Lipinski definition) is 4. The smallest absolute Gasteiger partial charge is 0.325 e. The molecule has 2 aliphatic heterocycles. The second-order valence-corrected chi connectivity index (χ2v) is 8.50. The van der Waals surface area contributed by atoms with E-state index in [0.29, 0.717) is 18.7 Å². The van der Waals surface area contributed by atoms with Gasteiger partial charge in [0.15, 0.2) is 5.41 Å². The van der Waals surface area contributed by atoms with Gasteiger partial charge in [0.25, 0.3) is 0 Å². The maximum Gasteiger partial charge on any atom is 0.404 e. The summed E-state index contributed by atoms with van der Waals surface area (Å²) in [5, 5.41) is 2.39. The minimum absolute atomic E-state index is 0.153. The van der Waals surface area contributed by atoms with Crippen molar-refractivity contribution in [1.82, 2.24) is 4.90 Å².